The fraction of sp³-hybridized carbons (Fsp3) is 0.100. The molecule has 2 aromatic rings. The van der Waals surface area contributed by atoms with E-state index < -0.39 is 23.3 Å². The number of carboxylic acid groups (broad SMARTS) is 1. The highest BCUT2D eigenvalue weighted by molar-refractivity contribution is 5.85. The molecule has 0 saturated heterocycles. The van der Waals surface area contributed by atoms with Gasteiger partial charge in [0, 0.05) is 12.3 Å². The van der Waals surface area contributed by atoms with E-state index in [2.05, 4.69) is 10.1 Å². The number of aromatic nitrogens is 3. The first kappa shape index (κ1) is 12.9. The van der Waals surface area contributed by atoms with Crippen molar-refractivity contribution in [2.24, 2.45) is 0 Å². The molecule has 0 aliphatic carbocycles. The van der Waals surface area contributed by atoms with Crippen molar-refractivity contribution in [3.8, 4) is 5.82 Å². The molecular formula is C10H6F3N3O3. The smallest absolute Gasteiger partial charge is 0.417 e. The van der Waals surface area contributed by atoms with Crippen molar-refractivity contribution in [2.75, 3.05) is 0 Å². The van der Waals surface area contributed by atoms with Gasteiger partial charge in [-0.05, 0) is 12.1 Å². The van der Waals surface area contributed by atoms with Crippen LogP contribution in [0.25, 0.3) is 5.82 Å². The molecule has 2 aromatic heterocycles. The minimum Gasteiger partial charge on any atom is -0.477 e. The molecule has 0 fully saturated rings. The number of hydrogen-bond acceptors (Lipinski definition) is 3. The van der Waals surface area contributed by atoms with Gasteiger partial charge in [0.15, 0.2) is 5.82 Å². The number of hydrogen-bond donors (Lipinski definition) is 2. The Hall–Kier alpha value is -2.58. The molecule has 0 amide bonds. The van der Waals surface area contributed by atoms with Gasteiger partial charge in [0.05, 0.1) is 5.56 Å². The molecule has 6 nitrogen and oxygen atoms in total. The summed E-state index contributed by atoms with van der Waals surface area (Å²) >= 11 is 0. The summed E-state index contributed by atoms with van der Waals surface area (Å²) in [5.41, 5.74) is -2.08. The quantitative estimate of drug-likeness (QED) is 0.862. The lowest BCUT2D eigenvalue weighted by Crippen LogP contribution is -2.15. The van der Waals surface area contributed by atoms with Crippen molar-refractivity contribution < 1.29 is 23.1 Å². The molecule has 2 N–H and O–H groups in total. The first-order valence-electron chi connectivity index (χ1n) is 4.88. The highest BCUT2D eigenvalue weighted by atomic mass is 19.4. The van der Waals surface area contributed by atoms with Gasteiger partial charge in [-0.1, -0.05) is 0 Å². The fourth-order valence-corrected chi connectivity index (χ4v) is 1.36. The number of carboxylic acids is 1. The van der Waals surface area contributed by atoms with Crippen LogP contribution in [0.15, 0.2) is 29.2 Å². The Morgan fingerprint density at radius 2 is 2.05 bits per heavy atom. The molecule has 0 aromatic carbocycles. The number of rotatable bonds is 2. The van der Waals surface area contributed by atoms with E-state index in [9.17, 15) is 22.8 Å². The second kappa shape index (κ2) is 4.26. The van der Waals surface area contributed by atoms with Crippen molar-refractivity contribution in [1.82, 2.24) is 14.8 Å². The highest BCUT2D eigenvalue weighted by Gasteiger charge is 2.30. The number of aromatic amines is 1. The van der Waals surface area contributed by atoms with Gasteiger partial charge in [0.25, 0.3) is 5.56 Å². The molecular weight excluding hydrogens is 267 g/mol. The lowest BCUT2D eigenvalue weighted by molar-refractivity contribution is -0.137. The standard InChI is InChI=1S/C10H6F3N3O3/c11-10(12,13)5-1-2-7(14-4-5)16-8(17)3-6(15-16)9(18)19/h1-4,15H,(H,18,19). The van der Waals surface area contributed by atoms with Crippen LogP contribution in [0, 0.1) is 0 Å². The molecule has 0 spiro atoms. The van der Waals surface area contributed by atoms with Crippen molar-refractivity contribution >= 4 is 5.97 Å². The normalized spacial score (nSPS) is 11.5. The predicted molar refractivity (Wildman–Crippen MR) is 56.1 cm³/mol. The average Bonchev–Trinajstić information content (AvgIpc) is 2.70. The molecule has 0 saturated carbocycles. The Morgan fingerprint density at radius 3 is 2.47 bits per heavy atom. The van der Waals surface area contributed by atoms with Gasteiger partial charge in [0.1, 0.15) is 5.69 Å². The number of nitrogens with one attached hydrogen (secondary N) is 1. The molecule has 0 bridgehead atoms. The average molecular weight is 273 g/mol. The van der Waals surface area contributed by atoms with Gasteiger partial charge < -0.3 is 5.11 Å². The molecule has 19 heavy (non-hydrogen) atoms. The van der Waals surface area contributed by atoms with Crippen LogP contribution in [0.1, 0.15) is 16.1 Å². The maximum Gasteiger partial charge on any atom is 0.417 e. The van der Waals surface area contributed by atoms with Gasteiger partial charge in [-0.3, -0.25) is 9.89 Å². The van der Waals surface area contributed by atoms with Crippen molar-refractivity contribution in [3.05, 3.63) is 46.0 Å². The molecule has 0 unspecified atom stereocenters. The Morgan fingerprint density at radius 1 is 1.37 bits per heavy atom. The summed E-state index contributed by atoms with van der Waals surface area (Å²) in [5.74, 6) is -1.49. The third-order valence-electron chi connectivity index (χ3n) is 2.26. The maximum absolute atomic E-state index is 12.3. The summed E-state index contributed by atoms with van der Waals surface area (Å²) in [6.07, 6.45) is -3.97. The van der Waals surface area contributed by atoms with Crippen LogP contribution in [0.5, 0.6) is 0 Å². The van der Waals surface area contributed by atoms with Gasteiger partial charge >= 0.3 is 12.1 Å². The van der Waals surface area contributed by atoms with E-state index in [1.54, 1.807) is 0 Å². The number of halogens is 3. The van der Waals surface area contributed by atoms with Crippen LogP contribution >= 0.6 is 0 Å². The van der Waals surface area contributed by atoms with Gasteiger partial charge in [-0.25, -0.2) is 14.5 Å². The number of aromatic carboxylic acids is 1. The number of H-pyrrole nitrogens is 1. The van der Waals surface area contributed by atoms with Gasteiger partial charge in [0.2, 0.25) is 0 Å². The number of pyridine rings is 1. The van der Waals surface area contributed by atoms with E-state index in [1.807, 2.05) is 0 Å². The van der Waals surface area contributed by atoms with Crippen LogP contribution in [-0.2, 0) is 6.18 Å². The van der Waals surface area contributed by atoms with Crippen LogP contribution in [0.4, 0.5) is 13.2 Å². The Balaban J connectivity index is 2.43. The third kappa shape index (κ3) is 2.49. The lowest BCUT2D eigenvalue weighted by atomic mass is 10.3. The van der Waals surface area contributed by atoms with Crippen molar-refractivity contribution in [3.63, 3.8) is 0 Å². The Kier molecular flexibility index (Phi) is 2.89. The van der Waals surface area contributed by atoms with Gasteiger partial charge in [-0.15, -0.1) is 0 Å². The summed E-state index contributed by atoms with van der Waals surface area (Å²) < 4.78 is 37.7. The molecule has 2 rings (SSSR count). The minimum absolute atomic E-state index is 0.134. The summed E-state index contributed by atoms with van der Waals surface area (Å²) in [4.78, 5) is 25.5. The highest BCUT2D eigenvalue weighted by Crippen LogP contribution is 2.28. The zero-order valence-electron chi connectivity index (χ0n) is 9.10. The van der Waals surface area contributed by atoms with Crippen LogP contribution in [-0.4, -0.2) is 25.8 Å². The molecule has 100 valence electrons. The van der Waals surface area contributed by atoms with E-state index in [-0.39, 0.29) is 11.5 Å². The summed E-state index contributed by atoms with van der Waals surface area (Å²) in [7, 11) is 0. The van der Waals surface area contributed by atoms with Crippen molar-refractivity contribution in [1.29, 1.82) is 0 Å². The summed E-state index contributed by atoms with van der Waals surface area (Å²) in [5, 5.41) is 10.9. The van der Waals surface area contributed by atoms with Crippen LogP contribution in [0.3, 0.4) is 0 Å². The van der Waals surface area contributed by atoms with E-state index in [0.717, 1.165) is 22.9 Å². The maximum atomic E-state index is 12.3. The van der Waals surface area contributed by atoms with Crippen molar-refractivity contribution in [2.45, 2.75) is 6.18 Å². The molecule has 0 radical (unpaired) electrons. The van der Waals surface area contributed by atoms with E-state index in [1.165, 1.54) is 0 Å². The summed E-state index contributed by atoms with van der Waals surface area (Å²) in [6.45, 7) is 0. The summed E-state index contributed by atoms with van der Waals surface area (Å²) in [6, 6.07) is 2.52. The minimum atomic E-state index is -4.53. The zero-order valence-corrected chi connectivity index (χ0v) is 9.10. The molecule has 2 heterocycles. The van der Waals surface area contributed by atoms with Crippen LogP contribution < -0.4 is 5.56 Å². The zero-order chi connectivity index (χ0) is 14.2. The SMILES string of the molecule is O=C(O)c1cc(=O)n(-c2ccc(C(F)(F)F)cn2)[nH]1. The van der Waals surface area contributed by atoms with Gasteiger partial charge in [-0.2, -0.15) is 13.2 Å². The second-order valence-electron chi connectivity index (χ2n) is 3.55. The molecule has 0 aliphatic heterocycles. The Labute approximate surface area is 103 Å². The lowest BCUT2D eigenvalue weighted by Gasteiger charge is -2.06. The Bertz CT molecular complexity index is 670. The first-order chi connectivity index (χ1) is 8.79. The number of alkyl halides is 3. The predicted octanol–water partition coefficient (Wildman–Crippen LogP) is 1.28. The molecule has 0 aliphatic rings. The molecule has 9 heteroatoms. The second-order valence-corrected chi connectivity index (χ2v) is 3.55. The first-order valence-corrected chi connectivity index (χ1v) is 4.88. The number of carbonyl (C=O) groups is 1. The third-order valence-corrected chi connectivity index (χ3v) is 2.26. The topological polar surface area (TPSA) is 88.0 Å². The monoisotopic (exact) mass is 273 g/mol. The van der Waals surface area contributed by atoms with E-state index in [0.29, 0.717) is 6.20 Å². The van der Waals surface area contributed by atoms with E-state index in [4.69, 9.17) is 5.11 Å². The molecule has 0 atom stereocenters. The number of nitrogens with zero attached hydrogens (tertiary/aromatic N) is 2. The van der Waals surface area contributed by atoms with E-state index >= 15 is 0 Å². The van der Waals surface area contributed by atoms with Crippen LogP contribution in [0.2, 0.25) is 0 Å². The largest absolute Gasteiger partial charge is 0.477 e. The fourth-order valence-electron chi connectivity index (χ4n) is 1.36.